The fourth-order valence-corrected chi connectivity index (χ4v) is 1.14. The maximum atomic E-state index is 13.2. The highest BCUT2D eigenvalue weighted by Crippen LogP contribution is 2.18. The van der Waals surface area contributed by atoms with Gasteiger partial charge in [-0.2, -0.15) is 0 Å². The maximum absolute atomic E-state index is 13.2. The van der Waals surface area contributed by atoms with Gasteiger partial charge in [0, 0.05) is 12.1 Å². The molecule has 0 aromatic heterocycles. The van der Waals surface area contributed by atoms with Crippen molar-refractivity contribution >= 4 is 11.6 Å². The van der Waals surface area contributed by atoms with Crippen LogP contribution < -0.4 is 11.1 Å². The first-order valence-corrected chi connectivity index (χ1v) is 5.04. The third-order valence-corrected chi connectivity index (χ3v) is 2.29. The average molecular weight is 246 g/mol. The Kier molecular flexibility index (Phi) is 4.11. The standard InChI is InChI=1S/C11H13F3N2O/c1-5(2)10(15)11(17)16-9-4-7(13)6(12)3-8(9)14/h3-5,10H,15H2,1-2H3,(H,16,17)/t10-/m0/s1. The molecule has 17 heavy (non-hydrogen) atoms. The first-order chi connectivity index (χ1) is 7.82. The molecule has 1 rings (SSSR count). The summed E-state index contributed by atoms with van der Waals surface area (Å²) in [4.78, 5) is 11.5. The molecule has 94 valence electrons. The number of amides is 1. The van der Waals surface area contributed by atoms with Gasteiger partial charge in [-0.1, -0.05) is 13.8 Å². The van der Waals surface area contributed by atoms with Crippen LogP contribution in [0.25, 0.3) is 0 Å². The van der Waals surface area contributed by atoms with Gasteiger partial charge in [0.2, 0.25) is 5.91 Å². The molecule has 0 heterocycles. The maximum Gasteiger partial charge on any atom is 0.241 e. The highest BCUT2D eigenvalue weighted by atomic mass is 19.2. The van der Waals surface area contributed by atoms with Gasteiger partial charge < -0.3 is 11.1 Å². The van der Waals surface area contributed by atoms with E-state index >= 15 is 0 Å². The molecule has 1 aromatic carbocycles. The third-order valence-electron chi connectivity index (χ3n) is 2.29. The Morgan fingerprint density at radius 2 is 1.71 bits per heavy atom. The van der Waals surface area contributed by atoms with Gasteiger partial charge in [0.1, 0.15) is 5.82 Å². The molecular weight excluding hydrogens is 233 g/mol. The van der Waals surface area contributed by atoms with Crippen molar-refractivity contribution in [3.63, 3.8) is 0 Å². The van der Waals surface area contributed by atoms with Crippen molar-refractivity contribution in [2.24, 2.45) is 11.7 Å². The van der Waals surface area contributed by atoms with Gasteiger partial charge in [0.15, 0.2) is 11.6 Å². The van der Waals surface area contributed by atoms with Gasteiger partial charge in [0.05, 0.1) is 11.7 Å². The van der Waals surface area contributed by atoms with Crippen LogP contribution in [-0.2, 0) is 4.79 Å². The Balaban J connectivity index is 2.89. The van der Waals surface area contributed by atoms with E-state index in [1.165, 1.54) is 0 Å². The highest BCUT2D eigenvalue weighted by molar-refractivity contribution is 5.94. The van der Waals surface area contributed by atoms with Crippen LogP contribution in [-0.4, -0.2) is 11.9 Å². The summed E-state index contributed by atoms with van der Waals surface area (Å²) in [5, 5.41) is 2.11. The first-order valence-electron chi connectivity index (χ1n) is 5.04. The minimum atomic E-state index is -1.31. The van der Waals surface area contributed by atoms with E-state index in [9.17, 15) is 18.0 Å². The van der Waals surface area contributed by atoms with E-state index in [1.807, 2.05) is 0 Å². The van der Waals surface area contributed by atoms with Gasteiger partial charge in [-0.3, -0.25) is 4.79 Å². The number of carbonyl (C=O) groups is 1. The molecule has 0 unspecified atom stereocenters. The summed E-state index contributed by atoms with van der Waals surface area (Å²) in [7, 11) is 0. The predicted molar refractivity (Wildman–Crippen MR) is 57.8 cm³/mol. The van der Waals surface area contributed by atoms with Gasteiger partial charge in [0.25, 0.3) is 0 Å². The van der Waals surface area contributed by atoms with Crippen LogP contribution in [0.1, 0.15) is 13.8 Å². The number of rotatable bonds is 3. The number of anilines is 1. The lowest BCUT2D eigenvalue weighted by Gasteiger charge is -2.15. The molecule has 1 aromatic rings. The number of nitrogens with one attached hydrogen (secondary N) is 1. The highest BCUT2D eigenvalue weighted by Gasteiger charge is 2.19. The Hall–Kier alpha value is -1.56. The second-order valence-electron chi connectivity index (χ2n) is 4.01. The van der Waals surface area contributed by atoms with Crippen LogP contribution in [0.2, 0.25) is 0 Å². The fourth-order valence-electron chi connectivity index (χ4n) is 1.14. The largest absolute Gasteiger partial charge is 0.322 e. The Labute approximate surface area is 96.8 Å². The van der Waals surface area contributed by atoms with E-state index < -0.39 is 35.1 Å². The molecule has 0 bridgehead atoms. The van der Waals surface area contributed by atoms with E-state index in [0.29, 0.717) is 12.1 Å². The summed E-state index contributed by atoms with van der Waals surface area (Å²) in [6, 6.07) is 0.101. The van der Waals surface area contributed by atoms with Crippen molar-refractivity contribution in [2.75, 3.05) is 5.32 Å². The summed E-state index contributed by atoms with van der Waals surface area (Å²) < 4.78 is 38.7. The van der Waals surface area contributed by atoms with Gasteiger partial charge in [-0.15, -0.1) is 0 Å². The molecule has 0 saturated heterocycles. The Morgan fingerprint density at radius 1 is 1.18 bits per heavy atom. The molecule has 6 heteroatoms. The minimum absolute atomic E-state index is 0.150. The van der Waals surface area contributed by atoms with Crippen molar-refractivity contribution < 1.29 is 18.0 Å². The molecule has 0 aliphatic carbocycles. The Morgan fingerprint density at radius 3 is 2.24 bits per heavy atom. The van der Waals surface area contributed by atoms with Crippen LogP contribution in [0.3, 0.4) is 0 Å². The van der Waals surface area contributed by atoms with Crippen molar-refractivity contribution in [3.05, 3.63) is 29.6 Å². The van der Waals surface area contributed by atoms with E-state index in [0.717, 1.165) is 0 Å². The zero-order valence-electron chi connectivity index (χ0n) is 9.43. The Bertz CT molecular complexity index is 435. The van der Waals surface area contributed by atoms with Crippen molar-refractivity contribution in [2.45, 2.75) is 19.9 Å². The van der Waals surface area contributed by atoms with Crippen molar-refractivity contribution in [1.29, 1.82) is 0 Å². The monoisotopic (exact) mass is 246 g/mol. The number of hydrogen-bond acceptors (Lipinski definition) is 2. The van der Waals surface area contributed by atoms with Gasteiger partial charge in [-0.05, 0) is 5.92 Å². The lowest BCUT2D eigenvalue weighted by Crippen LogP contribution is -2.39. The zero-order chi connectivity index (χ0) is 13.2. The second-order valence-corrected chi connectivity index (χ2v) is 4.01. The molecule has 0 aliphatic rings. The molecule has 1 amide bonds. The lowest BCUT2D eigenvalue weighted by molar-refractivity contribution is -0.118. The normalized spacial score (nSPS) is 12.6. The van der Waals surface area contributed by atoms with E-state index in [1.54, 1.807) is 13.8 Å². The molecule has 1 atom stereocenters. The summed E-state index contributed by atoms with van der Waals surface area (Å²) in [6.07, 6.45) is 0. The molecule has 3 nitrogen and oxygen atoms in total. The molecule has 0 fully saturated rings. The van der Waals surface area contributed by atoms with E-state index in [-0.39, 0.29) is 5.92 Å². The summed E-state index contributed by atoms with van der Waals surface area (Å²) in [5.41, 5.74) is 5.10. The van der Waals surface area contributed by atoms with Crippen LogP contribution in [0.4, 0.5) is 18.9 Å². The average Bonchev–Trinajstić information content (AvgIpc) is 2.24. The molecule has 0 spiro atoms. The third kappa shape index (κ3) is 3.20. The summed E-state index contributed by atoms with van der Waals surface area (Å²) >= 11 is 0. The lowest BCUT2D eigenvalue weighted by atomic mass is 10.0. The van der Waals surface area contributed by atoms with E-state index in [4.69, 9.17) is 5.73 Å². The van der Waals surface area contributed by atoms with Gasteiger partial charge >= 0.3 is 0 Å². The molecule has 0 aliphatic heterocycles. The number of nitrogens with two attached hydrogens (primary N) is 1. The number of hydrogen-bond donors (Lipinski definition) is 2. The predicted octanol–water partition coefficient (Wildman–Crippen LogP) is 2.03. The zero-order valence-corrected chi connectivity index (χ0v) is 9.43. The van der Waals surface area contributed by atoms with E-state index in [2.05, 4.69) is 5.32 Å². The molecule has 3 N–H and O–H groups in total. The van der Waals surface area contributed by atoms with Crippen LogP contribution in [0.5, 0.6) is 0 Å². The SMILES string of the molecule is CC(C)[C@H](N)C(=O)Nc1cc(F)c(F)cc1F. The van der Waals surface area contributed by atoms with Crippen molar-refractivity contribution in [1.82, 2.24) is 0 Å². The minimum Gasteiger partial charge on any atom is -0.322 e. The van der Waals surface area contributed by atoms with Crippen LogP contribution >= 0.6 is 0 Å². The van der Waals surface area contributed by atoms with Crippen LogP contribution in [0, 0.1) is 23.4 Å². The van der Waals surface area contributed by atoms with Gasteiger partial charge in [-0.25, -0.2) is 13.2 Å². The second kappa shape index (κ2) is 5.18. The number of carbonyl (C=O) groups excluding carboxylic acids is 1. The van der Waals surface area contributed by atoms with Crippen molar-refractivity contribution in [3.8, 4) is 0 Å². The van der Waals surface area contributed by atoms with Crippen LogP contribution in [0.15, 0.2) is 12.1 Å². The number of halogens is 3. The quantitative estimate of drug-likeness (QED) is 0.802. The smallest absolute Gasteiger partial charge is 0.241 e. The summed E-state index contributed by atoms with van der Waals surface area (Å²) in [6.45, 7) is 3.43. The topological polar surface area (TPSA) is 55.1 Å². The molecule has 0 saturated carbocycles. The number of benzene rings is 1. The summed E-state index contributed by atoms with van der Waals surface area (Å²) in [5.74, 6) is -4.39. The first kappa shape index (κ1) is 13.5. The fraction of sp³-hybridized carbons (Fsp3) is 0.364. The molecule has 0 radical (unpaired) electrons. The molecular formula is C11H13F3N2O.